The zero-order valence-corrected chi connectivity index (χ0v) is 42.4. The average molecular weight is 999 g/mol. The van der Waals surface area contributed by atoms with Gasteiger partial charge in [-0.1, -0.05) is 38.1 Å². The van der Waals surface area contributed by atoms with Crippen molar-refractivity contribution < 1.29 is 28.0 Å². The number of nitrogens with one attached hydrogen (secondary N) is 3. The monoisotopic (exact) mass is 998 g/mol. The van der Waals surface area contributed by atoms with Crippen LogP contribution < -0.4 is 19.7 Å². The van der Waals surface area contributed by atoms with E-state index >= 15 is 0 Å². The van der Waals surface area contributed by atoms with Gasteiger partial charge in [-0.3, -0.25) is 29.4 Å². The number of carbonyl (C=O) groups is 1. The molecule has 0 bridgehead atoms. The van der Waals surface area contributed by atoms with Crippen LogP contribution in [-0.4, -0.2) is 105 Å². The zero-order chi connectivity index (χ0) is 50.4. The summed E-state index contributed by atoms with van der Waals surface area (Å²) in [6.45, 7) is 12.3. The van der Waals surface area contributed by atoms with E-state index in [1.165, 1.54) is 28.8 Å². The number of nitrogens with zero attached hydrogens (tertiary/aromatic N) is 7. The molecular formula is C54H66N10O7S. The van der Waals surface area contributed by atoms with Crippen LogP contribution in [0.25, 0.3) is 11.0 Å². The maximum Gasteiger partial charge on any atom is 0.293 e. The number of H-pyrrole nitrogens is 1. The molecule has 18 heteroatoms. The summed E-state index contributed by atoms with van der Waals surface area (Å²) in [5.74, 6) is 0.180. The highest BCUT2D eigenvalue weighted by atomic mass is 32.2. The molecule has 10 rings (SSSR count). The lowest BCUT2D eigenvalue weighted by Crippen LogP contribution is -2.60. The largest absolute Gasteiger partial charge is 0.455 e. The molecule has 1 atom stereocenters. The number of sulfonamides is 1. The summed E-state index contributed by atoms with van der Waals surface area (Å²) in [5, 5.41) is 30.9. The van der Waals surface area contributed by atoms with Gasteiger partial charge in [0, 0.05) is 106 Å². The van der Waals surface area contributed by atoms with E-state index in [1.54, 1.807) is 30.6 Å². The SMILES string of the molecule is CC(C)c1ccccc1C1CN(Cc2cnn(C)c2)CCN1C1CC2(CCN(c3ccc(C(=O)NS(=O)(=O)c4ccc(NCC5CCC(C)(O)CC5)c([N+](=O)[O-])c4)c(Oc4cnc5[nH]ccc5c4)c3)CC2)C1. The molecular weight excluding hydrogens is 933 g/mol. The number of aromatic nitrogens is 4. The average Bonchev–Trinajstić information content (AvgIpc) is 4.00. The summed E-state index contributed by atoms with van der Waals surface area (Å²) in [6.07, 6.45) is 14.5. The van der Waals surface area contributed by atoms with Gasteiger partial charge < -0.3 is 25.0 Å². The minimum absolute atomic E-state index is 0.0276. The standard InChI is InChI=1S/C54H66N10O7S/c1-36(2)44-7-5-6-8-45(44)49-35-61(34-38-31-58-60(4)33-38)23-24-63(49)41-28-54(29-41)18-21-62(22-19-54)40-9-11-46(50(26-40)71-42-25-39-15-20-55-51(39)57-32-42)52(65)59-72(69,70)43-10-12-47(48(27-43)64(67)68)56-30-37-13-16-53(3,66)17-14-37/h5-12,15,20,25-27,31-33,36-37,41,49,56,66H,13-14,16-19,21-24,28-30,34-35H2,1-4H3,(H,55,57)(H,59,65). The van der Waals surface area contributed by atoms with Gasteiger partial charge >= 0.3 is 0 Å². The Hall–Kier alpha value is -6.34. The van der Waals surface area contributed by atoms with Crippen molar-refractivity contribution in [1.82, 2.24) is 34.3 Å². The highest BCUT2D eigenvalue weighted by Gasteiger charge is 2.50. The van der Waals surface area contributed by atoms with Gasteiger partial charge in [-0.25, -0.2) is 18.1 Å². The number of carbonyl (C=O) groups excluding carboxylic acids is 1. The second-order valence-corrected chi connectivity index (χ2v) is 23.1. The molecule has 4 fully saturated rings. The molecule has 2 saturated heterocycles. The molecule has 4 aliphatic rings. The third kappa shape index (κ3) is 10.6. The van der Waals surface area contributed by atoms with Crippen LogP contribution in [0.15, 0.2) is 102 Å². The Morgan fingerprint density at radius 1 is 0.986 bits per heavy atom. The third-order valence-electron chi connectivity index (χ3n) is 15.9. The molecule has 5 heterocycles. The Kier molecular flexibility index (Phi) is 13.6. The number of pyridine rings is 1. The number of fused-ring (bicyclic) bond motifs is 1. The highest BCUT2D eigenvalue weighted by molar-refractivity contribution is 7.90. The Bertz CT molecular complexity index is 3050. The molecule has 0 radical (unpaired) electrons. The second kappa shape index (κ2) is 19.9. The molecule has 2 aliphatic carbocycles. The van der Waals surface area contributed by atoms with E-state index in [-0.39, 0.29) is 28.3 Å². The molecule has 3 aromatic carbocycles. The molecule has 2 saturated carbocycles. The third-order valence-corrected chi connectivity index (χ3v) is 17.3. The number of hydrogen-bond donors (Lipinski definition) is 4. The van der Waals surface area contributed by atoms with Gasteiger partial charge in [0.1, 0.15) is 22.8 Å². The van der Waals surface area contributed by atoms with Gasteiger partial charge in [0.25, 0.3) is 21.6 Å². The van der Waals surface area contributed by atoms with Crippen LogP contribution in [0.3, 0.4) is 0 Å². The lowest BCUT2D eigenvalue weighted by Gasteiger charge is -2.58. The molecule has 4 N–H and O–H groups in total. The number of aliphatic hydroxyl groups is 1. The molecule has 3 aromatic heterocycles. The van der Waals surface area contributed by atoms with Gasteiger partial charge in [-0.2, -0.15) is 5.10 Å². The van der Waals surface area contributed by atoms with E-state index in [2.05, 4.69) is 84.1 Å². The molecule has 1 amide bonds. The summed E-state index contributed by atoms with van der Waals surface area (Å²) >= 11 is 0. The number of aryl methyl sites for hydroxylation is 1. The second-order valence-electron chi connectivity index (χ2n) is 21.4. The number of nitro benzene ring substituents is 1. The number of nitro groups is 1. The molecule has 1 spiro atoms. The van der Waals surface area contributed by atoms with Gasteiger partial charge in [0.05, 0.1) is 33.4 Å². The number of hydrogen-bond acceptors (Lipinski definition) is 13. The van der Waals surface area contributed by atoms with Crippen molar-refractivity contribution in [2.75, 3.05) is 49.5 Å². The van der Waals surface area contributed by atoms with Crippen molar-refractivity contribution in [3.05, 3.63) is 130 Å². The topological polar surface area (TPSA) is 204 Å². The Balaban J connectivity index is 0.833. The fourth-order valence-corrected chi connectivity index (χ4v) is 12.7. The Morgan fingerprint density at radius 3 is 2.50 bits per heavy atom. The fraction of sp³-hybridized carbons (Fsp3) is 0.463. The van der Waals surface area contributed by atoms with E-state index in [4.69, 9.17) is 4.74 Å². The van der Waals surface area contributed by atoms with E-state index in [0.717, 1.165) is 94.9 Å². The number of ether oxygens (including phenoxy) is 1. The van der Waals surface area contributed by atoms with Crippen LogP contribution in [0.5, 0.6) is 11.5 Å². The first-order valence-corrected chi connectivity index (χ1v) is 26.8. The molecule has 17 nitrogen and oxygen atoms in total. The van der Waals surface area contributed by atoms with E-state index < -0.39 is 37.0 Å². The first-order chi connectivity index (χ1) is 34.5. The number of amides is 1. The number of rotatable bonds is 15. The highest BCUT2D eigenvalue weighted by Crippen LogP contribution is 2.53. The van der Waals surface area contributed by atoms with E-state index in [9.17, 15) is 28.4 Å². The first kappa shape index (κ1) is 49.2. The smallest absolute Gasteiger partial charge is 0.293 e. The number of piperidine rings is 1. The minimum Gasteiger partial charge on any atom is -0.455 e. The maximum absolute atomic E-state index is 14.1. The maximum atomic E-state index is 14.1. The van der Waals surface area contributed by atoms with Gasteiger partial charge in [0.15, 0.2) is 0 Å². The van der Waals surface area contributed by atoms with Crippen LogP contribution in [0.4, 0.5) is 17.1 Å². The predicted molar refractivity (Wildman–Crippen MR) is 277 cm³/mol. The summed E-state index contributed by atoms with van der Waals surface area (Å²) < 4.78 is 38.1. The Labute approximate surface area is 421 Å². The number of benzene rings is 3. The molecule has 2 aliphatic heterocycles. The number of anilines is 2. The zero-order valence-electron chi connectivity index (χ0n) is 41.6. The van der Waals surface area contributed by atoms with Gasteiger partial charge in [0.2, 0.25) is 0 Å². The fourth-order valence-electron chi connectivity index (χ4n) is 11.7. The first-order valence-electron chi connectivity index (χ1n) is 25.4. The predicted octanol–water partition coefficient (Wildman–Crippen LogP) is 8.90. The van der Waals surface area contributed by atoms with Crippen molar-refractivity contribution in [2.45, 2.75) is 107 Å². The summed E-state index contributed by atoms with van der Waals surface area (Å²) in [7, 11) is -2.61. The van der Waals surface area contributed by atoms with Crippen LogP contribution in [0.1, 0.15) is 111 Å². The van der Waals surface area contributed by atoms with Crippen molar-refractivity contribution in [3.8, 4) is 11.5 Å². The van der Waals surface area contributed by atoms with Crippen molar-refractivity contribution in [1.29, 1.82) is 0 Å². The molecule has 1 unspecified atom stereocenters. The van der Waals surface area contributed by atoms with Crippen LogP contribution >= 0.6 is 0 Å². The van der Waals surface area contributed by atoms with E-state index in [1.807, 2.05) is 37.0 Å². The van der Waals surface area contributed by atoms with Crippen LogP contribution in [-0.2, 0) is 23.6 Å². The van der Waals surface area contributed by atoms with Gasteiger partial charge in [-0.05, 0) is 123 Å². The molecule has 6 aromatic rings. The summed E-state index contributed by atoms with van der Waals surface area (Å²) in [6, 6.07) is 22.2. The van der Waals surface area contributed by atoms with Crippen LogP contribution in [0, 0.1) is 21.4 Å². The van der Waals surface area contributed by atoms with Crippen LogP contribution in [0.2, 0.25) is 0 Å². The normalized spacial score (nSPS) is 22.0. The Morgan fingerprint density at radius 2 is 1.76 bits per heavy atom. The lowest BCUT2D eigenvalue weighted by atomic mass is 9.59. The minimum atomic E-state index is -4.58. The molecule has 380 valence electrons. The van der Waals surface area contributed by atoms with Crippen molar-refractivity contribution in [3.63, 3.8) is 0 Å². The van der Waals surface area contributed by atoms with E-state index in [0.29, 0.717) is 48.8 Å². The summed E-state index contributed by atoms with van der Waals surface area (Å²) in [5.41, 5.74) is 4.84. The lowest BCUT2D eigenvalue weighted by molar-refractivity contribution is -0.384. The summed E-state index contributed by atoms with van der Waals surface area (Å²) in [4.78, 5) is 40.5. The van der Waals surface area contributed by atoms with Gasteiger partial charge in [-0.15, -0.1) is 0 Å². The molecule has 72 heavy (non-hydrogen) atoms. The quantitative estimate of drug-likeness (QED) is 0.0561. The number of aromatic amines is 1. The number of piperazine rings is 1. The van der Waals surface area contributed by atoms with Crippen molar-refractivity contribution >= 4 is 44.0 Å². The van der Waals surface area contributed by atoms with Crippen molar-refractivity contribution in [2.24, 2.45) is 18.4 Å².